The van der Waals surface area contributed by atoms with Crippen LogP contribution in [0, 0.1) is 0 Å². The monoisotopic (exact) mass is 389 g/mol. The molecule has 0 unspecified atom stereocenters. The molecule has 0 bridgehead atoms. The molecule has 2 heterocycles. The lowest BCUT2D eigenvalue weighted by Gasteiger charge is -2.22. The molecule has 2 N–H and O–H groups in total. The summed E-state index contributed by atoms with van der Waals surface area (Å²) in [7, 11) is 0. The standard InChI is InChI=1S/C19H24ClN5O2/c1-13(2)17-16(12-22-25(17)15-6-4-14(20)5-7-15)18(26)23-8-3-9-24(11-10-23)19(21)27/h4-7,12-13H,3,8-11H2,1-2H3,(H2,21,27). The molecule has 0 aliphatic carbocycles. The Morgan fingerprint density at radius 3 is 2.33 bits per heavy atom. The first kappa shape index (κ1) is 19.2. The van der Waals surface area contributed by atoms with E-state index in [1.54, 1.807) is 32.8 Å². The molecule has 1 aromatic heterocycles. The maximum atomic E-state index is 13.2. The fourth-order valence-electron chi connectivity index (χ4n) is 3.38. The number of carbonyl (C=O) groups excluding carboxylic acids is 2. The van der Waals surface area contributed by atoms with E-state index in [0.717, 1.165) is 11.4 Å². The third-order valence-corrected chi connectivity index (χ3v) is 5.00. The van der Waals surface area contributed by atoms with Gasteiger partial charge < -0.3 is 15.5 Å². The second-order valence-corrected chi connectivity index (χ2v) is 7.39. The molecule has 1 saturated heterocycles. The second-order valence-electron chi connectivity index (χ2n) is 6.96. The van der Waals surface area contributed by atoms with Gasteiger partial charge in [0, 0.05) is 31.2 Å². The Labute approximate surface area is 163 Å². The number of amides is 3. The molecule has 1 aliphatic heterocycles. The first-order valence-corrected chi connectivity index (χ1v) is 9.43. The van der Waals surface area contributed by atoms with E-state index in [2.05, 4.69) is 5.10 Å². The zero-order chi connectivity index (χ0) is 19.6. The van der Waals surface area contributed by atoms with Crippen molar-refractivity contribution >= 4 is 23.5 Å². The van der Waals surface area contributed by atoms with Gasteiger partial charge in [0.25, 0.3) is 5.91 Å². The highest BCUT2D eigenvalue weighted by molar-refractivity contribution is 6.30. The summed E-state index contributed by atoms with van der Waals surface area (Å²) in [4.78, 5) is 27.9. The van der Waals surface area contributed by atoms with Gasteiger partial charge >= 0.3 is 6.03 Å². The van der Waals surface area contributed by atoms with Crippen molar-refractivity contribution in [1.29, 1.82) is 0 Å². The van der Waals surface area contributed by atoms with Crippen LogP contribution in [0.1, 0.15) is 42.2 Å². The van der Waals surface area contributed by atoms with Gasteiger partial charge in [-0.05, 0) is 36.6 Å². The number of rotatable bonds is 3. The molecule has 1 aromatic carbocycles. The number of halogens is 1. The zero-order valence-corrected chi connectivity index (χ0v) is 16.3. The predicted molar refractivity (Wildman–Crippen MR) is 104 cm³/mol. The summed E-state index contributed by atoms with van der Waals surface area (Å²) in [6, 6.07) is 6.93. The lowest BCUT2D eigenvalue weighted by molar-refractivity contribution is 0.0761. The van der Waals surface area contributed by atoms with Crippen molar-refractivity contribution in [1.82, 2.24) is 19.6 Å². The van der Waals surface area contributed by atoms with Crippen molar-refractivity contribution in [3.8, 4) is 5.69 Å². The fraction of sp³-hybridized carbons (Fsp3) is 0.421. The van der Waals surface area contributed by atoms with Gasteiger partial charge in [0.2, 0.25) is 0 Å². The molecule has 1 aliphatic rings. The van der Waals surface area contributed by atoms with Crippen LogP contribution < -0.4 is 5.73 Å². The predicted octanol–water partition coefficient (Wildman–Crippen LogP) is 2.88. The van der Waals surface area contributed by atoms with Crippen LogP contribution in [0.5, 0.6) is 0 Å². The lowest BCUT2D eigenvalue weighted by atomic mass is 10.0. The summed E-state index contributed by atoms with van der Waals surface area (Å²) >= 11 is 5.98. The molecular formula is C19H24ClN5O2. The average molecular weight is 390 g/mol. The minimum absolute atomic E-state index is 0.0646. The van der Waals surface area contributed by atoms with Gasteiger partial charge in [-0.15, -0.1) is 0 Å². The van der Waals surface area contributed by atoms with Crippen molar-refractivity contribution < 1.29 is 9.59 Å². The Bertz CT molecular complexity index is 831. The number of urea groups is 1. The summed E-state index contributed by atoms with van der Waals surface area (Å²) < 4.78 is 1.79. The molecular weight excluding hydrogens is 366 g/mol. The highest BCUT2D eigenvalue weighted by Crippen LogP contribution is 2.25. The third kappa shape index (κ3) is 4.08. The SMILES string of the molecule is CC(C)c1c(C(=O)N2CCCN(C(N)=O)CC2)cnn1-c1ccc(Cl)cc1. The average Bonchev–Trinajstić information content (AvgIpc) is 2.92. The van der Waals surface area contributed by atoms with Gasteiger partial charge in [-0.3, -0.25) is 4.79 Å². The van der Waals surface area contributed by atoms with Gasteiger partial charge in [0.15, 0.2) is 0 Å². The molecule has 8 heteroatoms. The van der Waals surface area contributed by atoms with Crippen molar-refractivity contribution in [3.05, 3.63) is 46.7 Å². The van der Waals surface area contributed by atoms with E-state index in [4.69, 9.17) is 17.3 Å². The quantitative estimate of drug-likeness (QED) is 0.875. The Morgan fingerprint density at radius 2 is 1.70 bits per heavy atom. The fourth-order valence-corrected chi connectivity index (χ4v) is 3.50. The van der Waals surface area contributed by atoms with Gasteiger partial charge in [0.05, 0.1) is 23.1 Å². The maximum absolute atomic E-state index is 13.2. The second kappa shape index (κ2) is 8.00. The van der Waals surface area contributed by atoms with Crippen LogP contribution in [0.2, 0.25) is 5.02 Å². The van der Waals surface area contributed by atoms with E-state index in [0.29, 0.717) is 43.2 Å². The molecule has 0 atom stereocenters. The molecule has 27 heavy (non-hydrogen) atoms. The first-order chi connectivity index (χ1) is 12.9. The van der Waals surface area contributed by atoms with Crippen LogP contribution in [0.3, 0.4) is 0 Å². The van der Waals surface area contributed by atoms with Crippen LogP contribution in [0.25, 0.3) is 5.69 Å². The van der Waals surface area contributed by atoms with Crippen molar-refractivity contribution in [3.63, 3.8) is 0 Å². The Balaban J connectivity index is 1.89. The Hall–Kier alpha value is -2.54. The summed E-state index contributed by atoms with van der Waals surface area (Å²) in [5.41, 5.74) is 7.68. The topological polar surface area (TPSA) is 84.5 Å². The number of primary amides is 1. The van der Waals surface area contributed by atoms with Crippen LogP contribution >= 0.6 is 11.6 Å². The largest absolute Gasteiger partial charge is 0.351 e. The molecule has 1 fully saturated rings. The number of hydrogen-bond acceptors (Lipinski definition) is 3. The van der Waals surface area contributed by atoms with Gasteiger partial charge in [-0.2, -0.15) is 5.10 Å². The zero-order valence-electron chi connectivity index (χ0n) is 15.6. The molecule has 2 aromatic rings. The van der Waals surface area contributed by atoms with Crippen molar-refractivity contribution in [2.24, 2.45) is 5.73 Å². The smallest absolute Gasteiger partial charge is 0.314 e. The van der Waals surface area contributed by atoms with Gasteiger partial charge in [-0.1, -0.05) is 25.4 Å². The van der Waals surface area contributed by atoms with Crippen LogP contribution in [0.4, 0.5) is 4.79 Å². The number of aromatic nitrogens is 2. The van der Waals surface area contributed by atoms with E-state index >= 15 is 0 Å². The summed E-state index contributed by atoms with van der Waals surface area (Å²) in [5.74, 6) is 0.0430. The number of nitrogens with two attached hydrogens (primary N) is 1. The summed E-state index contributed by atoms with van der Waals surface area (Å²) in [6.07, 6.45) is 2.33. The number of hydrogen-bond donors (Lipinski definition) is 1. The number of benzene rings is 1. The summed E-state index contributed by atoms with van der Waals surface area (Å²) in [6.45, 7) is 6.15. The van der Waals surface area contributed by atoms with Gasteiger partial charge in [0.1, 0.15) is 0 Å². The van der Waals surface area contributed by atoms with E-state index < -0.39 is 6.03 Å². The first-order valence-electron chi connectivity index (χ1n) is 9.06. The highest BCUT2D eigenvalue weighted by atomic mass is 35.5. The third-order valence-electron chi connectivity index (χ3n) is 4.75. The highest BCUT2D eigenvalue weighted by Gasteiger charge is 2.27. The molecule has 144 valence electrons. The molecule has 0 spiro atoms. The van der Waals surface area contributed by atoms with E-state index in [-0.39, 0.29) is 11.8 Å². The van der Waals surface area contributed by atoms with E-state index in [1.165, 1.54) is 0 Å². The molecule has 0 radical (unpaired) electrons. The molecule has 7 nitrogen and oxygen atoms in total. The van der Waals surface area contributed by atoms with Crippen LogP contribution in [-0.2, 0) is 0 Å². The molecule has 0 saturated carbocycles. The number of carbonyl (C=O) groups is 2. The van der Waals surface area contributed by atoms with E-state index in [1.807, 2.05) is 26.0 Å². The lowest BCUT2D eigenvalue weighted by Crippen LogP contribution is -2.39. The van der Waals surface area contributed by atoms with Gasteiger partial charge in [-0.25, -0.2) is 9.48 Å². The minimum atomic E-state index is -0.442. The maximum Gasteiger partial charge on any atom is 0.314 e. The normalized spacial score (nSPS) is 15.1. The van der Waals surface area contributed by atoms with E-state index in [9.17, 15) is 9.59 Å². The van der Waals surface area contributed by atoms with Crippen LogP contribution in [-0.4, -0.2) is 57.7 Å². The number of nitrogens with zero attached hydrogens (tertiary/aromatic N) is 4. The van der Waals surface area contributed by atoms with Crippen molar-refractivity contribution in [2.75, 3.05) is 26.2 Å². The van der Waals surface area contributed by atoms with Crippen molar-refractivity contribution in [2.45, 2.75) is 26.2 Å². The molecule has 3 rings (SSSR count). The minimum Gasteiger partial charge on any atom is -0.351 e. The Morgan fingerprint density at radius 1 is 1.07 bits per heavy atom. The molecule has 3 amide bonds. The Kier molecular flexibility index (Phi) is 5.70. The van der Waals surface area contributed by atoms with Crippen LogP contribution in [0.15, 0.2) is 30.5 Å². The summed E-state index contributed by atoms with van der Waals surface area (Å²) in [5, 5.41) is 5.11.